The van der Waals surface area contributed by atoms with E-state index in [9.17, 15) is 9.59 Å². The van der Waals surface area contributed by atoms with Gasteiger partial charge < -0.3 is 9.47 Å². The summed E-state index contributed by atoms with van der Waals surface area (Å²) in [4.78, 5) is 24.2. The topological polar surface area (TPSA) is 90.4 Å². The van der Waals surface area contributed by atoms with Crippen molar-refractivity contribution in [1.82, 2.24) is 10.2 Å². The van der Waals surface area contributed by atoms with Crippen LogP contribution in [-0.4, -0.2) is 34.4 Å². The summed E-state index contributed by atoms with van der Waals surface area (Å²) in [5, 5.41) is 11.0. The lowest BCUT2D eigenvalue weighted by molar-refractivity contribution is -0.111. The normalized spacial score (nSPS) is 12.3. The van der Waals surface area contributed by atoms with Crippen molar-refractivity contribution in [2.45, 2.75) is 4.34 Å². The molecule has 0 bridgehead atoms. The number of Topliss-reactive ketones (excluding diaryl/α,β-unsaturated/α-hetero) is 1. The number of hydrogen-bond donors (Lipinski definition) is 1. The molecule has 7 nitrogen and oxygen atoms in total. The van der Waals surface area contributed by atoms with E-state index in [1.807, 2.05) is 24.3 Å². The lowest BCUT2D eigenvalue weighted by Crippen LogP contribution is -2.07. The Bertz CT molecular complexity index is 1070. The highest BCUT2D eigenvalue weighted by molar-refractivity contribution is 8.01. The molecule has 146 valence electrons. The summed E-state index contributed by atoms with van der Waals surface area (Å²) in [6, 6.07) is 14.5. The number of nitrogens with zero attached hydrogens (tertiary/aromatic N) is 2. The van der Waals surface area contributed by atoms with E-state index in [4.69, 9.17) is 9.47 Å². The molecule has 1 aromatic heterocycles. The number of thioether (sulfide) groups is 1. The molecule has 1 aliphatic rings. The van der Waals surface area contributed by atoms with Crippen LogP contribution in [0.25, 0.3) is 6.08 Å². The number of ether oxygens (including phenoxy) is 2. The third-order valence-corrected chi connectivity index (χ3v) is 5.85. The fraction of sp³-hybridized carbons (Fsp3) is 0.100. The van der Waals surface area contributed by atoms with Gasteiger partial charge in [0.1, 0.15) is 0 Å². The minimum Gasteiger partial charge on any atom is -0.454 e. The second-order valence-corrected chi connectivity index (χ2v) is 8.09. The molecule has 0 atom stereocenters. The molecule has 1 N–H and O–H groups in total. The standard InChI is InChI=1S/C20H15N3O4S2/c24-15(14-4-2-1-3-5-14)11-28-20-23-22-19(29-20)21-18(25)9-7-13-6-8-16-17(10-13)27-12-26-16/h1-10H,11-12H2,(H,21,22,25)/b9-7+. The van der Waals surface area contributed by atoms with Crippen LogP contribution in [0.4, 0.5) is 5.13 Å². The highest BCUT2D eigenvalue weighted by Crippen LogP contribution is 2.32. The van der Waals surface area contributed by atoms with E-state index in [1.165, 1.54) is 29.2 Å². The van der Waals surface area contributed by atoms with Crippen molar-refractivity contribution in [2.24, 2.45) is 0 Å². The number of ketones is 1. The van der Waals surface area contributed by atoms with Gasteiger partial charge in [0.2, 0.25) is 17.8 Å². The Balaban J connectivity index is 1.29. The molecule has 0 aliphatic carbocycles. The first-order chi connectivity index (χ1) is 14.2. The van der Waals surface area contributed by atoms with Crippen LogP contribution in [0.5, 0.6) is 11.5 Å². The minimum atomic E-state index is -0.323. The number of carbonyl (C=O) groups is 2. The van der Waals surface area contributed by atoms with Gasteiger partial charge in [-0.25, -0.2) is 0 Å². The molecule has 29 heavy (non-hydrogen) atoms. The Hall–Kier alpha value is -3.17. The van der Waals surface area contributed by atoms with Crippen LogP contribution in [0.1, 0.15) is 15.9 Å². The summed E-state index contributed by atoms with van der Waals surface area (Å²) in [5.74, 6) is 1.30. The second-order valence-electron chi connectivity index (χ2n) is 5.89. The maximum atomic E-state index is 12.1. The van der Waals surface area contributed by atoms with Crippen LogP contribution in [0, 0.1) is 0 Å². The Morgan fingerprint density at radius 2 is 1.93 bits per heavy atom. The predicted octanol–water partition coefficient (Wildman–Crippen LogP) is 3.89. The highest BCUT2D eigenvalue weighted by atomic mass is 32.2. The molecule has 1 amide bonds. The van der Waals surface area contributed by atoms with Crippen molar-refractivity contribution < 1.29 is 19.1 Å². The molecule has 2 heterocycles. The number of carbonyl (C=O) groups excluding carboxylic acids is 2. The quantitative estimate of drug-likeness (QED) is 0.266. The summed E-state index contributed by atoms with van der Waals surface area (Å²) in [5.41, 5.74) is 1.48. The van der Waals surface area contributed by atoms with Crippen molar-refractivity contribution in [2.75, 3.05) is 17.9 Å². The van der Waals surface area contributed by atoms with Crippen molar-refractivity contribution in [3.8, 4) is 11.5 Å². The molecule has 2 aromatic carbocycles. The number of fused-ring (bicyclic) bond motifs is 1. The lowest BCUT2D eigenvalue weighted by atomic mass is 10.2. The number of nitrogens with one attached hydrogen (secondary N) is 1. The van der Waals surface area contributed by atoms with E-state index in [-0.39, 0.29) is 24.2 Å². The SMILES string of the molecule is O=C(/C=C/c1ccc2c(c1)OCO2)Nc1nnc(SCC(=O)c2ccccc2)s1. The number of anilines is 1. The molecule has 0 fully saturated rings. The van der Waals surface area contributed by atoms with Crippen LogP contribution in [-0.2, 0) is 4.79 Å². The maximum absolute atomic E-state index is 12.1. The van der Waals surface area contributed by atoms with E-state index in [1.54, 1.807) is 30.3 Å². The van der Waals surface area contributed by atoms with Crippen LogP contribution < -0.4 is 14.8 Å². The lowest BCUT2D eigenvalue weighted by Gasteiger charge is -1.98. The molecule has 9 heteroatoms. The summed E-state index contributed by atoms with van der Waals surface area (Å²) < 4.78 is 11.2. The number of amides is 1. The molecule has 0 spiro atoms. The zero-order valence-corrected chi connectivity index (χ0v) is 16.7. The zero-order chi connectivity index (χ0) is 20.1. The Kier molecular flexibility index (Phi) is 5.87. The van der Waals surface area contributed by atoms with Crippen LogP contribution in [0.3, 0.4) is 0 Å². The van der Waals surface area contributed by atoms with Gasteiger partial charge in [0, 0.05) is 11.6 Å². The first-order valence-corrected chi connectivity index (χ1v) is 10.4. The average Bonchev–Trinajstić information content (AvgIpc) is 3.40. The van der Waals surface area contributed by atoms with Gasteiger partial charge in [-0.15, -0.1) is 10.2 Å². The second kappa shape index (κ2) is 8.89. The van der Waals surface area contributed by atoms with Gasteiger partial charge in [0.25, 0.3) is 0 Å². The van der Waals surface area contributed by atoms with Gasteiger partial charge in [-0.2, -0.15) is 0 Å². The number of benzene rings is 2. The Labute approximate surface area is 174 Å². The van der Waals surface area contributed by atoms with Gasteiger partial charge in [-0.05, 0) is 23.8 Å². The summed E-state index contributed by atoms with van der Waals surface area (Å²) in [6.45, 7) is 0.206. The van der Waals surface area contributed by atoms with E-state index in [0.29, 0.717) is 26.5 Å². The zero-order valence-electron chi connectivity index (χ0n) is 15.0. The van der Waals surface area contributed by atoms with Gasteiger partial charge in [-0.3, -0.25) is 14.9 Å². The minimum absolute atomic E-state index is 0.0167. The predicted molar refractivity (Wildman–Crippen MR) is 112 cm³/mol. The largest absolute Gasteiger partial charge is 0.454 e. The van der Waals surface area contributed by atoms with Gasteiger partial charge in [0.15, 0.2) is 21.6 Å². The number of rotatable bonds is 7. The number of aromatic nitrogens is 2. The fourth-order valence-electron chi connectivity index (χ4n) is 2.49. The van der Waals surface area contributed by atoms with E-state index >= 15 is 0 Å². The third kappa shape index (κ3) is 5.01. The van der Waals surface area contributed by atoms with Crippen molar-refractivity contribution in [3.63, 3.8) is 0 Å². The molecular formula is C20H15N3O4S2. The highest BCUT2D eigenvalue weighted by Gasteiger charge is 2.13. The van der Waals surface area contributed by atoms with E-state index in [0.717, 1.165) is 5.56 Å². The molecule has 0 saturated carbocycles. The van der Waals surface area contributed by atoms with Gasteiger partial charge in [-0.1, -0.05) is 59.5 Å². The smallest absolute Gasteiger partial charge is 0.250 e. The Morgan fingerprint density at radius 3 is 2.79 bits per heavy atom. The molecule has 0 saturated heterocycles. The fourth-order valence-corrected chi connectivity index (χ4v) is 4.14. The maximum Gasteiger partial charge on any atom is 0.250 e. The first-order valence-electron chi connectivity index (χ1n) is 8.61. The van der Waals surface area contributed by atoms with Crippen LogP contribution in [0.2, 0.25) is 0 Å². The van der Waals surface area contributed by atoms with Gasteiger partial charge in [0.05, 0.1) is 5.75 Å². The van der Waals surface area contributed by atoms with Crippen LogP contribution in [0.15, 0.2) is 58.9 Å². The molecule has 0 radical (unpaired) electrons. The molecule has 1 aliphatic heterocycles. The van der Waals surface area contributed by atoms with Crippen LogP contribution >= 0.6 is 23.1 Å². The van der Waals surface area contributed by atoms with Crippen molar-refractivity contribution in [3.05, 3.63) is 65.7 Å². The molecule has 4 rings (SSSR count). The van der Waals surface area contributed by atoms with E-state index < -0.39 is 0 Å². The van der Waals surface area contributed by atoms with Crippen molar-refractivity contribution >= 4 is 46.0 Å². The third-order valence-electron chi connectivity index (χ3n) is 3.88. The molecule has 3 aromatic rings. The summed E-state index contributed by atoms with van der Waals surface area (Å²) in [7, 11) is 0. The number of hydrogen-bond acceptors (Lipinski definition) is 8. The average molecular weight is 425 g/mol. The van der Waals surface area contributed by atoms with Crippen molar-refractivity contribution in [1.29, 1.82) is 0 Å². The summed E-state index contributed by atoms with van der Waals surface area (Å²) in [6.07, 6.45) is 3.08. The van der Waals surface area contributed by atoms with Gasteiger partial charge >= 0.3 is 0 Å². The molecular weight excluding hydrogens is 410 g/mol. The first kappa shape index (κ1) is 19.2. The Morgan fingerprint density at radius 1 is 1.10 bits per heavy atom. The van der Waals surface area contributed by atoms with E-state index in [2.05, 4.69) is 15.5 Å². The summed E-state index contributed by atoms with van der Waals surface area (Å²) >= 11 is 2.52. The molecule has 0 unspecified atom stereocenters. The monoisotopic (exact) mass is 425 g/mol.